The van der Waals surface area contributed by atoms with E-state index in [4.69, 9.17) is 4.74 Å². The van der Waals surface area contributed by atoms with Crippen molar-refractivity contribution in [2.24, 2.45) is 0 Å². The third-order valence-corrected chi connectivity index (χ3v) is 5.82. The molecule has 0 bridgehead atoms. The van der Waals surface area contributed by atoms with Gasteiger partial charge in [-0.2, -0.15) is 0 Å². The van der Waals surface area contributed by atoms with Gasteiger partial charge in [-0.25, -0.2) is 0 Å². The number of ether oxygens (including phenoxy) is 1. The average molecular weight is 252 g/mol. The summed E-state index contributed by atoms with van der Waals surface area (Å²) in [5, 5.41) is 9.21. The van der Waals surface area contributed by atoms with E-state index in [1.807, 2.05) is 18.2 Å². The summed E-state index contributed by atoms with van der Waals surface area (Å²) in [5.74, 6) is 0. The van der Waals surface area contributed by atoms with E-state index in [1.54, 1.807) is 0 Å². The third-order valence-electron chi connectivity index (χ3n) is 3.74. The van der Waals surface area contributed by atoms with E-state index in [2.05, 4.69) is 32.9 Å². The van der Waals surface area contributed by atoms with Crippen molar-refractivity contribution in [3.05, 3.63) is 35.9 Å². The molecule has 94 valence electrons. The van der Waals surface area contributed by atoms with Gasteiger partial charge in [-0.1, -0.05) is 52.8 Å². The van der Waals surface area contributed by atoms with Gasteiger partial charge in [-0.3, -0.25) is 0 Å². The summed E-state index contributed by atoms with van der Waals surface area (Å²) in [5.41, 5.74) is 1.23. The van der Waals surface area contributed by atoms with Crippen LogP contribution in [0.25, 0.3) is 0 Å². The zero-order valence-corrected chi connectivity index (χ0v) is 11.7. The second-order valence-corrected chi connectivity index (χ2v) is 7.38. The van der Waals surface area contributed by atoms with Crippen molar-refractivity contribution in [1.82, 2.24) is 0 Å². The van der Waals surface area contributed by atoms with Gasteiger partial charge in [-0.15, -0.1) is 0 Å². The molecule has 2 rings (SSSR count). The van der Waals surface area contributed by atoms with Crippen LogP contribution in [0, 0.1) is 0 Å². The molecule has 1 aromatic rings. The maximum absolute atomic E-state index is 9.38. The van der Waals surface area contributed by atoms with Crippen LogP contribution >= 0.6 is 8.58 Å². The molecule has 4 unspecified atom stereocenters. The minimum absolute atomic E-state index is 0.0325. The Bertz CT molecular complexity index is 381. The van der Waals surface area contributed by atoms with Crippen LogP contribution in [0.5, 0.6) is 0 Å². The molecule has 3 heteroatoms. The summed E-state index contributed by atoms with van der Waals surface area (Å²) in [6, 6.07) is 10.3. The topological polar surface area (TPSA) is 29.5 Å². The van der Waals surface area contributed by atoms with Gasteiger partial charge in [0.1, 0.15) is 0 Å². The minimum Gasteiger partial charge on any atom is -0.395 e. The zero-order valence-electron chi connectivity index (χ0n) is 10.7. The Kier molecular flexibility index (Phi) is 3.58. The highest BCUT2D eigenvalue weighted by atomic mass is 31.1. The van der Waals surface area contributed by atoms with Crippen LogP contribution in [0.2, 0.25) is 0 Å². The SMILES string of the molecule is CCC(OC1(C)PC1(C)CO)c1ccccc1. The van der Waals surface area contributed by atoms with Gasteiger partial charge in [0, 0.05) is 5.16 Å². The molecule has 0 saturated carbocycles. The quantitative estimate of drug-likeness (QED) is 0.815. The van der Waals surface area contributed by atoms with E-state index in [-0.39, 0.29) is 23.2 Å². The first-order valence-corrected chi connectivity index (χ1v) is 7.17. The van der Waals surface area contributed by atoms with Crippen molar-refractivity contribution in [1.29, 1.82) is 0 Å². The Hall–Kier alpha value is -0.430. The van der Waals surface area contributed by atoms with Crippen molar-refractivity contribution in [3.63, 3.8) is 0 Å². The lowest BCUT2D eigenvalue weighted by Crippen LogP contribution is -2.28. The molecule has 1 aliphatic heterocycles. The van der Waals surface area contributed by atoms with Crippen LogP contribution in [-0.4, -0.2) is 22.2 Å². The number of rotatable bonds is 5. The molecule has 1 fully saturated rings. The van der Waals surface area contributed by atoms with E-state index in [0.29, 0.717) is 8.58 Å². The second-order valence-electron chi connectivity index (χ2n) is 5.07. The van der Waals surface area contributed by atoms with Gasteiger partial charge < -0.3 is 9.84 Å². The van der Waals surface area contributed by atoms with Gasteiger partial charge >= 0.3 is 0 Å². The Morgan fingerprint density at radius 1 is 1.29 bits per heavy atom. The first-order chi connectivity index (χ1) is 8.04. The molecule has 4 atom stereocenters. The van der Waals surface area contributed by atoms with Gasteiger partial charge in [-0.05, 0) is 18.9 Å². The van der Waals surface area contributed by atoms with Crippen molar-refractivity contribution >= 4 is 8.58 Å². The van der Waals surface area contributed by atoms with E-state index < -0.39 is 0 Å². The molecule has 1 heterocycles. The van der Waals surface area contributed by atoms with Gasteiger partial charge in [0.2, 0.25) is 0 Å². The second kappa shape index (κ2) is 4.68. The molecule has 0 spiro atoms. The molecule has 1 N–H and O–H groups in total. The van der Waals surface area contributed by atoms with E-state index in [9.17, 15) is 5.11 Å². The lowest BCUT2D eigenvalue weighted by molar-refractivity contribution is -0.0290. The Labute approximate surface area is 105 Å². The van der Waals surface area contributed by atoms with Crippen molar-refractivity contribution in [2.45, 2.75) is 43.8 Å². The molecular formula is C14H21O2P. The normalized spacial score (nSPS) is 34.8. The molecular weight excluding hydrogens is 231 g/mol. The largest absolute Gasteiger partial charge is 0.395 e. The minimum atomic E-state index is -0.141. The zero-order chi connectivity index (χ0) is 12.5. The monoisotopic (exact) mass is 252 g/mol. The van der Waals surface area contributed by atoms with E-state index in [0.717, 1.165) is 6.42 Å². The Morgan fingerprint density at radius 2 is 1.94 bits per heavy atom. The van der Waals surface area contributed by atoms with E-state index in [1.165, 1.54) is 5.56 Å². The smallest absolute Gasteiger partial charge is 0.0941 e. The highest BCUT2D eigenvalue weighted by Crippen LogP contribution is 2.71. The summed E-state index contributed by atoms with van der Waals surface area (Å²) in [6.07, 6.45) is 1.10. The first-order valence-electron chi connectivity index (χ1n) is 6.17. The standard InChI is InChI=1S/C14H21O2P/c1-4-12(11-8-6-5-7-9-11)16-14(3)13(2,10-15)17-14/h5-9,12,15,17H,4,10H2,1-3H3. The molecule has 0 amide bonds. The van der Waals surface area contributed by atoms with Gasteiger partial charge in [0.15, 0.2) is 0 Å². The first kappa shape index (κ1) is 13.0. The number of benzene rings is 1. The molecule has 0 aliphatic carbocycles. The fraction of sp³-hybridized carbons (Fsp3) is 0.571. The Morgan fingerprint density at radius 3 is 2.41 bits per heavy atom. The molecule has 2 nitrogen and oxygen atoms in total. The van der Waals surface area contributed by atoms with Crippen LogP contribution < -0.4 is 0 Å². The Balaban J connectivity index is 2.08. The van der Waals surface area contributed by atoms with Gasteiger partial charge in [0.25, 0.3) is 0 Å². The molecule has 1 aliphatic rings. The molecule has 0 radical (unpaired) electrons. The summed E-state index contributed by atoms with van der Waals surface area (Å²) >= 11 is 0. The number of aliphatic hydroxyl groups excluding tert-OH is 1. The number of aliphatic hydroxyl groups is 1. The van der Waals surface area contributed by atoms with Crippen LogP contribution in [-0.2, 0) is 4.74 Å². The number of hydrogen-bond acceptors (Lipinski definition) is 2. The van der Waals surface area contributed by atoms with Crippen LogP contribution in [0.15, 0.2) is 30.3 Å². The predicted octanol–water partition coefficient (Wildman–Crippen LogP) is 3.31. The predicted molar refractivity (Wildman–Crippen MR) is 72.8 cm³/mol. The fourth-order valence-electron chi connectivity index (χ4n) is 2.18. The summed E-state index contributed by atoms with van der Waals surface area (Å²) in [6.45, 7) is 6.58. The van der Waals surface area contributed by atoms with Crippen LogP contribution in [0.4, 0.5) is 0 Å². The van der Waals surface area contributed by atoms with Crippen LogP contribution in [0.3, 0.4) is 0 Å². The average Bonchev–Trinajstić information content (AvgIpc) is 2.91. The van der Waals surface area contributed by atoms with Gasteiger partial charge in [0.05, 0.1) is 18.1 Å². The number of hydrogen-bond donors (Lipinski definition) is 1. The molecule has 1 saturated heterocycles. The molecule has 17 heavy (non-hydrogen) atoms. The summed E-state index contributed by atoms with van der Waals surface area (Å²) in [7, 11) is 0.690. The maximum Gasteiger partial charge on any atom is 0.0941 e. The van der Waals surface area contributed by atoms with Crippen molar-refractivity contribution in [2.75, 3.05) is 6.61 Å². The van der Waals surface area contributed by atoms with Crippen molar-refractivity contribution in [3.8, 4) is 0 Å². The molecule has 0 aromatic heterocycles. The lowest BCUT2D eigenvalue weighted by Gasteiger charge is -2.24. The van der Waals surface area contributed by atoms with Crippen LogP contribution in [0.1, 0.15) is 38.9 Å². The maximum atomic E-state index is 9.38. The highest BCUT2D eigenvalue weighted by Gasteiger charge is 2.63. The lowest BCUT2D eigenvalue weighted by atomic mass is 10.0. The highest BCUT2D eigenvalue weighted by molar-refractivity contribution is 7.51. The van der Waals surface area contributed by atoms with Crippen molar-refractivity contribution < 1.29 is 9.84 Å². The third kappa shape index (κ3) is 2.40. The fourth-order valence-corrected chi connectivity index (χ4v) is 3.59. The summed E-state index contributed by atoms with van der Waals surface area (Å²) in [4.78, 5) is 0. The molecule has 1 aromatic carbocycles. The van der Waals surface area contributed by atoms with E-state index >= 15 is 0 Å². The summed E-state index contributed by atoms with van der Waals surface area (Å²) < 4.78 is 6.24.